The van der Waals surface area contributed by atoms with Crippen LogP contribution in [0.4, 0.5) is 0 Å². The van der Waals surface area contributed by atoms with Crippen LogP contribution in [0.15, 0.2) is 35.7 Å². The predicted octanol–water partition coefficient (Wildman–Crippen LogP) is 2.88. The first-order chi connectivity index (χ1) is 11.1. The summed E-state index contributed by atoms with van der Waals surface area (Å²) in [6, 6.07) is 8.24. The van der Waals surface area contributed by atoms with Crippen molar-refractivity contribution in [2.45, 2.75) is 31.6 Å². The summed E-state index contributed by atoms with van der Waals surface area (Å²) in [7, 11) is 0. The van der Waals surface area contributed by atoms with Gasteiger partial charge >= 0.3 is 0 Å². The Morgan fingerprint density at radius 3 is 3.00 bits per heavy atom. The summed E-state index contributed by atoms with van der Waals surface area (Å²) in [5, 5.41) is 12.5. The van der Waals surface area contributed by atoms with Gasteiger partial charge in [-0.15, -0.1) is 21.5 Å². The summed E-state index contributed by atoms with van der Waals surface area (Å²) in [5.41, 5.74) is 0.973. The highest BCUT2D eigenvalue weighted by atomic mass is 32.2. The van der Waals surface area contributed by atoms with Gasteiger partial charge in [0.2, 0.25) is 5.91 Å². The summed E-state index contributed by atoms with van der Waals surface area (Å²) < 4.78 is 3.09. The lowest BCUT2D eigenvalue weighted by Crippen LogP contribution is -2.24. The molecule has 3 rings (SSSR count). The number of rotatable bonds is 6. The van der Waals surface area contributed by atoms with Gasteiger partial charge in [-0.25, -0.2) is 4.98 Å². The van der Waals surface area contributed by atoms with E-state index in [9.17, 15) is 4.79 Å². The van der Waals surface area contributed by atoms with Crippen LogP contribution in [0.25, 0.3) is 10.2 Å². The van der Waals surface area contributed by atoms with Gasteiger partial charge in [-0.1, -0.05) is 23.9 Å². The molecule has 2 aromatic heterocycles. The quantitative estimate of drug-likeness (QED) is 0.694. The van der Waals surface area contributed by atoms with E-state index < -0.39 is 0 Å². The zero-order valence-corrected chi connectivity index (χ0v) is 14.5. The number of hydrogen-bond acceptors (Lipinski definition) is 6. The third-order valence-electron chi connectivity index (χ3n) is 3.20. The van der Waals surface area contributed by atoms with Crippen LogP contribution >= 0.6 is 23.1 Å². The van der Waals surface area contributed by atoms with E-state index in [1.165, 1.54) is 11.8 Å². The minimum atomic E-state index is -0.0347. The Labute approximate surface area is 142 Å². The number of amides is 1. The van der Waals surface area contributed by atoms with Gasteiger partial charge in [0.25, 0.3) is 0 Å². The molecule has 0 bridgehead atoms. The number of thiazole rings is 1. The highest BCUT2D eigenvalue weighted by molar-refractivity contribution is 7.99. The highest BCUT2D eigenvalue weighted by Gasteiger charge is 2.11. The van der Waals surface area contributed by atoms with Crippen molar-refractivity contribution < 1.29 is 4.79 Å². The van der Waals surface area contributed by atoms with Crippen LogP contribution < -0.4 is 5.32 Å². The van der Waals surface area contributed by atoms with E-state index >= 15 is 0 Å². The molecule has 3 aromatic rings. The maximum atomic E-state index is 12.0. The van der Waals surface area contributed by atoms with Gasteiger partial charge in [0.15, 0.2) is 5.16 Å². The van der Waals surface area contributed by atoms with E-state index in [0.29, 0.717) is 12.3 Å². The molecule has 0 saturated carbocycles. The van der Waals surface area contributed by atoms with Gasteiger partial charge in [-0.2, -0.15) is 0 Å². The normalized spacial score (nSPS) is 11.3. The molecule has 2 heterocycles. The number of hydrogen-bond donors (Lipinski definition) is 1. The first-order valence-corrected chi connectivity index (χ1v) is 9.07. The molecule has 0 aliphatic rings. The van der Waals surface area contributed by atoms with Gasteiger partial charge < -0.3 is 9.88 Å². The fourth-order valence-electron chi connectivity index (χ4n) is 2.04. The third-order valence-corrected chi connectivity index (χ3v) is 5.20. The first-order valence-electron chi connectivity index (χ1n) is 7.27. The average Bonchev–Trinajstić information content (AvgIpc) is 3.16. The molecule has 1 amide bonds. The Bertz CT molecular complexity index is 778. The molecule has 1 aromatic carbocycles. The lowest BCUT2D eigenvalue weighted by Gasteiger charge is -2.09. The summed E-state index contributed by atoms with van der Waals surface area (Å²) in [6.45, 7) is 4.57. The number of nitrogens with zero attached hydrogens (tertiary/aromatic N) is 4. The van der Waals surface area contributed by atoms with Crippen molar-refractivity contribution in [1.82, 2.24) is 25.1 Å². The van der Waals surface area contributed by atoms with Crippen LogP contribution in [0.2, 0.25) is 0 Å². The second-order valence-electron chi connectivity index (χ2n) is 5.26. The SMILES string of the molecule is CC(C)n1cnnc1SCC(=O)NCc1nc2ccccc2s1. The standard InChI is InChI=1S/C15H17N5OS2/c1-10(2)20-9-17-19-15(20)22-8-13(21)16-7-14-18-11-5-3-4-6-12(11)23-14/h3-6,9-10H,7-8H2,1-2H3,(H,16,21). The topological polar surface area (TPSA) is 72.7 Å². The second-order valence-corrected chi connectivity index (χ2v) is 7.31. The molecular weight excluding hydrogens is 330 g/mol. The molecular formula is C15H17N5OS2. The van der Waals surface area contributed by atoms with Crippen molar-refractivity contribution in [3.8, 4) is 0 Å². The highest BCUT2D eigenvalue weighted by Crippen LogP contribution is 2.21. The molecule has 0 saturated heterocycles. The maximum absolute atomic E-state index is 12.0. The van der Waals surface area contributed by atoms with Crippen LogP contribution in [-0.4, -0.2) is 31.4 Å². The smallest absolute Gasteiger partial charge is 0.230 e. The summed E-state index contributed by atoms with van der Waals surface area (Å²) >= 11 is 2.99. The fourth-order valence-corrected chi connectivity index (χ4v) is 3.82. The van der Waals surface area contributed by atoms with E-state index in [4.69, 9.17) is 0 Å². The fraction of sp³-hybridized carbons (Fsp3) is 0.333. The van der Waals surface area contributed by atoms with Crippen molar-refractivity contribution >= 4 is 39.2 Å². The van der Waals surface area contributed by atoms with Crippen molar-refractivity contribution in [2.24, 2.45) is 0 Å². The van der Waals surface area contributed by atoms with E-state index in [1.807, 2.05) is 28.8 Å². The van der Waals surface area contributed by atoms with Crippen molar-refractivity contribution in [3.05, 3.63) is 35.6 Å². The van der Waals surface area contributed by atoms with Gasteiger partial charge in [-0.05, 0) is 26.0 Å². The molecule has 0 unspecified atom stereocenters. The maximum Gasteiger partial charge on any atom is 0.230 e. The molecule has 0 aliphatic heterocycles. The Hall–Kier alpha value is -1.93. The molecule has 23 heavy (non-hydrogen) atoms. The van der Waals surface area contributed by atoms with Gasteiger partial charge in [0, 0.05) is 6.04 Å². The second kappa shape index (κ2) is 7.10. The van der Waals surface area contributed by atoms with Crippen LogP contribution in [0.3, 0.4) is 0 Å². The Morgan fingerprint density at radius 1 is 1.39 bits per heavy atom. The number of para-hydroxylation sites is 1. The molecule has 8 heteroatoms. The van der Waals surface area contributed by atoms with Crippen LogP contribution in [0.1, 0.15) is 24.9 Å². The first kappa shape index (κ1) is 15.9. The van der Waals surface area contributed by atoms with Crippen molar-refractivity contribution in [1.29, 1.82) is 0 Å². The number of nitrogens with one attached hydrogen (secondary N) is 1. The van der Waals surface area contributed by atoms with E-state index in [1.54, 1.807) is 17.7 Å². The molecule has 6 nitrogen and oxygen atoms in total. The van der Waals surface area contributed by atoms with E-state index in [0.717, 1.165) is 20.4 Å². The minimum absolute atomic E-state index is 0.0347. The van der Waals surface area contributed by atoms with Crippen LogP contribution in [-0.2, 0) is 11.3 Å². The molecule has 0 aliphatic carbocycles. The number of benzene rings is 1. The summed E-state index contributed by atoms with van der Waals surface area (Å²) in [5.74, 6) is 0.281. The van der Waals surface area contributed by atoms with Crippen LogP contribution in [0, 0.1) is 0 Å². The molecule has 120 valence electrons. The van der Waals surface area contributed by atoms with Crippen LogP contribution in [0.5, 0.6) is 0 Å². The van der Waals surface area contributed by atoms with Gasteiger partial charge in [0.1, 0.15) is 11.3 Å². The van der Waals surface area contributed by atoms with E-state index in [2.05, 4.69) is 34.3 Å². The number of carbonyl (C=O) groups is 1. The summed E-state index contributed by atoms with van der Waals surface area (Å²) in [6.07, 6.45) is 1.69. The van der Waals surface area contributed by atoms with Crippen molar-refractivity contribution in [3.63, 3.8) is 0 Å². The average molecular weight is 347 g/mol. The lowest BCUT2D eigenvalue weighted by atomic mass is 10.3. The summed E-state index contributed by atoms with van der Waals surface area (Å²) in [4.78, 5) is 16.5. The largest absolute Gasteiger partial charge is 0.349 e. The minimum Gasteiger partial charge on any atom is -0.349 e. The number of carbonyl (C=O) groups excluding carboxylic acids is 1. The van der Waals surface area contributed by atoms with E-state index in [-0.39, 0.29) is 11.9 Å². The molecule has 0 spiro atoms. The lowest BCUT2D eigenvalue weighted by molar-refractivity contribution is -0.118. The number of aromatic nitrogens is 4. The third kappa shape index (κ3) is 3.89. The zero-order chi connectivity index (χ0) is 16.2. The molecule has 1 N–H and O–H groups in total. The van der Waals surface area contributed by atoms with Gasteiger partial charge in [0.05, 0.1) is 22.5 Å². The monoisotopic (exact) mass is 347 g/mol. The zero-order valence-electron chi connectivity index (χ0n) is 12.9. The number of fused-ring (bicyclic) bond motifs is 1. The Kier molecular flexibility index (Phi) is 4.92. The predicted molar refractivity (Wildman–Crippen MR) is 92.6 cm³/mol. The molecule has 0 radical (unpaired) electrons. The Balaban J connectivity index is 1.52. The molecule has 0 atom stereocenters. The Morgan fingerprint density at radius 2 is 2.22 bits per heavy atom. The number of thioether (sulfide) groups is 1. The molecule has 0 fully saturated rings. The van der Waals surface area contributed by atoms with Crippen molar-refractivity contribution in [2.75, 3.05) is 5.75 Å². The van der Waals surface area contributed by atoms with Gasteiger partial charge in [-0.3, -0.25) is 4.79 Å².